The Morgan fingerprint density at radius 1 is 1.58 bits per heavy atom. The Labute approximate surface area is 72.8 Å². The molecule has 1 N–H and O–H groups in total. The maximum atomic E-state index is 9.34. The monoisotopic (exact) mass is 166 g/mol. The van der Waals surface area contributed by atoms with E-state index in [4.69, 9.17) is 6.57 Å². The maximum Gasteiger partial charge on any atom is 0.245 e. The lowest BCUT2D eigenvalue weighted by Gasteiger charge is -2.28. The van der Waals surface area contributed by atoms with E-state index in [9.17, 15) is 5.11 Å². The first-order valence-electron chi connectivity index (χ1n) is 4.56. The molecule has 0 spiro atoms. The Bertz CT molecular complexity index is 223. The van der Waals surface area contributed by atoms with Crippen molar-refractivity contribution in [2.24, 2.45) is 0 Å². The molecule has 2 aliphatic heterocycles. The zero-order valence-corrected chi connectivity index (χ0v) is 7.16. The van der Waals surface area contributed by atoms with Crippen molar-refractivity contribution in [3.05, 3.63) is 11.4 Å². The Kier molecular flexibility index (Phi) is 1.82. The summed E-state index contributed by atoms with van der Waals surface area (Å²) in [6, 6.07) is 0.0463. The van der Waals surface area contributed by atoms with Gasteiger partial charge in [0.1, 0.15) is 5.54 Å². The number of aliphatic hydroxyl groups excluding tert-OH is 1. The molecule has 2 fully saturated rings. The van der Waals surface area contributed by atoms with Gasteiger partial charge >= 0.3 is 0 Å². The van der Waals surface area contributed by atoms with Gasteiger partial charge in [0, 0.05) is 13.0 Å². The molecule has 0 aliphatic carbocycles. The molecule has 2 rings (SSSR count). The van der Waals surface area contributed by atoms with Crippen LogP contribution in [0.15, 0.2) is 0 Å². The Morgan fingerprint density at radius 2 is 2.42 bits per heavy atom. The minimum absolute atomic E-state index is 0.0463. The molecule has 0 amide bonds. The van der Waals surface area contributed by atoms with Gasteiger partial charge in [-0.1, -0.05) is 0 Å². The van der Waals surface area contributed by atoms with Crippen LogP contribution in [0.3, 0.4) is 0 Å². The van der Waals surface area contributed by atoms with E-state index in [1.165, 1.54) is 0 Å². The first-order valence-corrected chi connectivity index (χ1v) is 4.56. The van der Waals surface area contributed by atoms with Crippen LogP contribution < -0.4 is 0 Å². The average molecular weight is 166 g/mol. The molecule has 3 nitrogen and oxygen atoms in total. The zero-order valence-electron chi connectivity index (χ0n) is 7.16. The van der Waals surface area contributed by atoms with Gasteiger partial charge in [-0.2, -0.15) is 0 Å². The summed E-state index contributed by atoms with van der Waals surface area (Å²) in [6.07, 6.45) is 3.10. The molecular weight excluding hydrogens is 152 g/mol. The Hall–Kier alpha value is -0.590. The molecule has 0 saturated carbocycles. The summed E-state index contributed by atoms with van der Waals surface area (Å²) in [5, 5.41) is 9.34. The van der Waals surface area contributed by atoms with E-state index in [0.29, 0.717) is 0 Å². The minimum atomic E-state index is -0.151. The Balaban J connectivity index is 2.26. The molecule has 0 bridgehead atoms. The van der Waals surface area contributed by atoms with E-state index in [-0.39, 0.29) is 18.2 Å². The normalized spacial score (nSPS) is 41.2. The Morgan fingerprint density at radius 3 is 3.08 bits per heavy atom. The summed E-state index contributed by atoms with van der Waals surface area (Å²) in [5.41, 5.74) is -0.151. The van der Waals surface area contributed by atoms with E-state index in [2.05, 4.69) is 9.74 Å². The topological polar surface area (TPSA) is 27.8 Å². The van der Waals surface area contributed by atoms with Crippen LogP contribution in [0.2, 0.25) is 0 Å². The molecule has 2 saturated heterocycles. The molecule has 0 unspecified atom stereocenters. The molecule has 0 aromatic carbocycles. The maximum absolute atomic E-state index is 9.34. The van der Waals surface area contributed by atoms with Crippen molar-refractivity contribution < 1.29 is 5.11 Å². The summed E-state index contributed by atoms with van der Waals surface area (Å²) in [6.45, 7) is 9.32. The lowest BCUT2D eigenvalue weighted by molar-refractivity contribution is 0.0961. The first kappa shape index (κ1) is 8.03. The molecule has 2 heterocycles. The van der Waals surface area contributed by atoms with Crippen LogP contribution in [-0.4, -0.2) is 41.3 Å². The van der Waals surface area contributed by atoms with Crippen LogP contribution in [0.1, 0.15) is 19.3 Å². The molecular formula is C9H14N2O. The SMILES string of the molecule is [C-]#[N+][C@H]1CCN2CCC[C@@]12CO. The lowest BCUT2D eigenvalue weighted by atomic mass is 9.90. The number of rotatable bonds is 1. The summed E-state index contributed by atoms with van der Waals surface area (Å²) in [7, 11) is 0. The molecule has 12 heavy (non-hydrogen) atoms. The van der Waals surface area contributed by atoms with Crippen LogP contribution >= 0.6 is 0 Å². The molecule has 3 heteroatoms. The van der Waals surface area contributed by atoms with Gasteiger partial charge < -0.3 is 9.95 Å². The number of aliphatic hydroxyl groups is 1. The quantitative estimate of drug-likeness (QED) is 0.575. The van der Waals surface area contributed by atoms with E-state index in [1.54, 1.807) is 0 Å². The largest absolute Gasteiger partial charge is 0.394 e. The first-order chi connectivity index (χ1) is 5.83. The number of hydrogen-bond donors (Lipinski definition) is 1. The molecule has 0 aromatic heterocycles. The smallest absolute Gasteiger partial charge is 0.245 e. The van der Waals surface area contributed by atoms with Gasteiger partial charge in [-0.3, -0.25) is 4.90 Å². The van der Waals surface area contributed by atoms with Crippen molar-refractivity contribution >= 4 is 0 Å². The number of nitrogens with zero attached hydrogens (tertiary/aromatic N) is 2. The third-order valence-electron chi connectivity index (χ3n) is 3.39. The van der Waals surface area contributed by atoms with E-state index in [1.807, 2.05) is 0 Å². The minimum Gasteiger partial charge on any atom is -0.394 e. The van der Waals surface area contributed by atoms with Crippen LogP contribution in [0, 0.1) is 6.57 Å². The third-order valence-corrected chi connectivity index (χ3v) is 3.39. The molecule has 2 atom stereocenters. The zero-order chi connectivity index (χ0) is 8.60. The predicted octanol–water partition coefficient (Wildman–Crippen LogP) is 0.505. The van der Waals surface area contributed by atoms with Crippen molar-refractivity contribution in [3.63, 3.8) is 0 Å². The summed E-state index contributed by atoms with van der Waals surface area (Å²) in [4.78, 5) is 5.92. The van der Waals surface area contributed by atoms with Crippen molar-refractivity contribution in [3.8, 4) is 0 Å². The van der Waals surface area contributed by atoms with Gasteiger partial charge in [0.25, 0.3) is 0 Å². The van der Waals surface area contributed by atoms with Crippen molar-refractivity contribution in [1.29, 1.82) is 0 Å². The number of hydrogen-bond acceptors (Lipinski definition) is 2. The molecule has 0 aromatic rings. The second-order valence-electron chi connectivity index (χ2n) is 3.79. The van der Waals surface area contributed by atoms with Gasteiger partial charge in [0.2, 0.25) is 6.04 Å². The second kappa shape index (κ2) is 2.72. The summed E-state index contributed by atoms with van der Waals surface area (Å²) in [5.74, 6) is 0. The van der Waals surface area contributed by atoms with Gasteiger partial charge in [-0.15, -0.1) is 0 Å². The van der Waals surface area contributed by atoms with Gasteiger partial charge in [-0.05, 0) is 19.4 Å². The summed E-state index contributed by atoms with van der Waals surface area (Å²) >= 11 is 0. The summed E-state index contributed by atoms with van der Waals surface area (Å²) < 4.78 is 0. The lowest BCUT2D eigenvalue weighted by Crippen LogP contribution is -2.47. The van der Waals surface area contributed by atoms with Crippen molar-refractivity contribution in [2.45, 2.75) is 30.8 Å². The fourth-order valence-electron chi connectivity index (χ4n) is 2.68. The van der Waals surface area contributed by atoms with Crippen LogP contribution in [-0.2, 0) is 0 Å². The number of fused-ring (bicyclic) bond motifs is 1. The van der Waals surface area contributed by atoms with E-state index < -0.39 is 0 Å². The second-order valence-corrected chi connectivity index (χ2v) is 3.79. The van der Waals surface area contributed by atoms with Crippen LogP contribution in [0.4, 0.5) is 0 Å². The highest BCUT2D eigenvalue weighted by molar-refractivity contribution is 5.13. The standard InChI is InChI=1S/C9H14N2O/c1-10-8-3-6-11-5-2-4-9(8,11)7-12/h8,12H,2-7H2/t8-,9+/m0/s1. The molecule has 66 valence electrons. The highest BCUT2D eigenvalue weighted by Crippen LogP contribution is 2.40. The van der Waals surface area contributed by atoms with Gasteiger partial charge in [-0.25, -0.2) is 6.57 Å². The fourth-order valence-corrected chi connectivity index (χ4v) is 2.68. The third kappa shape index (κ3) is 0.825. The van der Waals surface area contributed by atoms with Gasteiger partial charge in [0.05, 0.1) is 6.61 Å². The molecule has 0 radical (unpaired) electrons. The highest BCUT2D eigenvalue weighted by Gasteiger charge is 2.55. The highest BCUT2D eigenvalue weighted by atomic mass is 16.3. The molecule has 2 aliphatic rings. The van der Waals surface area contributed by atoms with Crippen LogP contribution in [0.5, 0.6) is 0 Å². The predicted molar refractivity (Wildman–Crippen MR) is 45.6 cm³/mol. The van der Waals surface area contributed by atoms with E-state index in [0.717, 1.165) is 32.4 Å². The average Bonchev–Trinajstić information content (AvgIpc) is 2.60. The van der Waals surface area contributed by atoms with Crippen LogP contribution in [0.25, 0.3) is 4.85 Å². The fraction of sp³-hybridized carbons (Fsp3) is 0.889. The van der Waals surface area contributed by atoms with Crippen molar-refractivity contribution in [1.82, 2.24) is 4.90 Å². The van der Waals surface area contributed by atoms with Gasteiger partial charge in [0.15, 0.2) is 0 Å². The van der Waals surface area contributed by atoms with Crippen molar-refractivity contribution in [2.75, 3.05) is 19.7 Å². The van der Waals surface area contributed by atoms with E-state index >= 15 is 0 Å².